The molecule has 34 heavy (non-hydrogen) atoms. The van der Waals surface area contributed by atoms with Crippen molar-refractivity contribution in [1.29, 1.82) is 0 Å². The molecule has 0 bridgehead atoms. The third-order valence-corrected chi connectivity index (χ3v) is 6.59. The van der Waals surface area contributed by atoms with E-state index in [0.717, 1.165) is 46.5 Å². The fourth-order valence-electron chi connectivity index (χ4n) is 4.07. The van der Waals surface area contributed by atoms with Crippen LogP contribution in [0.2, 0.25) is 0 Å². The molecule has 176 valence electrons. The minimum atomic E-state index is -0.231. The Kier molecular flexibility index (Phi) is 7.68. The average molecular weight is 520 g/mol. The highest BCUT2D eigenvalue weighted by atomic mass is 79.9. The van der Waals surface area contributed by atoms with Crippen molar-refractivity contribution in [1.82, 2.24) is 14.9 Å². The number of aryl methyl sites for hydroxylation is 2. The SMILES string of the molecule is Cc1cccc(OCCCCn2c(C(C)NC(=O)c3cccc(Br)c3)nc3ccccc32)c1C. The van der Waals surface area contributed by atoms with Gasteiger partial charge in [0.15, 0.2) is 0 Å². The number of imidazole rings is 1. The second kappa shape index (κ2) is 10.9. The van der Waals surface area contributed by atoms with Crippen LogP contribution in [0.1, 0.15) is 53.1 Å². The summed E-state index contributed by atoms with van der Waals surface area (Å²) < 4.78 is 9.13. The Hall–Kier alpha value is -3.12. The molecule has 0 aliphatic heterocycles. The maximum atomic E-state index is 12.8. The monoisotopic (exact) mass is 519 g/mol. The van der Waals surface area contributed by atoms with Gasteiger partial charge in [-0.2, -0.15) is 0 Å². The van der Waals surface area contributed by atoms with Gasteiger partial charge < -0.3 is 14.6 Å². The highest BCUT2D eigenvalue weighted by Crippen LogP contribution is 2.23. The molecule has 0 saturated carbocycles. The van der Waals surface area contributed by atoms with Gasteiger partial charge in [0.25, 0.3) is 5.91 Å². The van der Waals surface area contributed by atoms with E-state index in [9.17, 15) is 4.79 Å². The Morgan fingerprint density at radius 2 is 1.85 bits per heavy atom. The number of nitrogens with one attached hydrogen (secondary N) is 1. The number of ether oxygens (including phenoxy) is 1. The molecule has 6 heteroatoms. The summed E-state index contributed by atoms with van der Waals surface area (Å²) in [6.07, 6.45) is 1.88. The molecule has 0 radical (unpaired) electrons. The summed E-state index contributed by atoms with van der Waals surface area (Å²) in [7, 11) is 0. The number of hydrogen-bond acceptors (Lipinski definition) is 3. The molecular formula is C28H30BrN3O2. The number of aromatic nitrogens is 2. The van der Waals surface area contributed by atoms with Crippen molar-refractivity contribution in [2.75, 3.05) is 6.61 Å². The van der Waals surface area contributed by atoms with Crippen LogP contribution in [-0.4, -0.2) is 22.1 Å². The van der Waals surface area contributed by atoms with Gasteiger partial charge in [-0.05, 0) is 81.1 Å². The minimum Gasteiger partial charge on any atom is -0.493 e. The van der Waals surface area contributed by atoms with E-state index >= 15 is 0 Å². The smallest absolute Gasteiger partial charge is 0.251 e. The molecule has 0 aliphatic carbocycles. The lowest BCUT2D eigenvalue weighted by Crippen LogP contribution is -2.28. The lowest BCUT2D eigenvalue weighted by atomic mass is 10.1. The molecule has 0 fully saturated rings. The topological polar surface area (TPSA) is 56.1 Å². The van der Waals surface area contributed by atoms with E-state index < -0.39 is 0 Å². The molecule has 4 aromatic rings. The number of nitrogens with zero attached hydrogens (tertiary/aromatic N) is 2. The number of carbonyl (C=O) groups excluding carboxylic acids is 1. The Balaban J connectivity index is 1.43. The van der Waals surface area contributed by atoms with E-state index in [0.29, 0.717) is 12.2 Å². The Labute approximate surface area is 209 Å². The lowest BCUT2D eigenvalue weighted by molar-refractivity contribution is 0.0937. The fraction of sp³-hybridized carbons (Fsp3) is 0.286. The number of rotatable bonds is 9. The van der Waals surface area contributed by atoms with Crippen molar-refractivity contribution in [3.05, 3.63) is 93.7 Å². The van der Waals surface area contributed by atoms with Gasteiger partial charge in [0.05, 0.1) is 23.7 Å². The van der Waals surface area contributed by atoms with Crippen LogP contribution in [0.4, 0.5) is 0 Å². The second-order valence-electron chi connectivity index (χ2n) is 8.57. The van der Waals surface area contributed by atoms with E-state index in [2.05, 4.69) is 51.8 Å². The molecule has 1 N–H and O–H groups in total. The van der Waals surface area contributed by atoms with Gasteiger partial charge in [0.2, 0.25) is 0 Å². The standard InChI is InChI=1S/C28H30BrN3O2/c1-19-10-8-15-26(20(19)2)34-17-7-6-16-32-25-14-5-4-13-24(25)31-27(32)21(3)30-28(33)22-11-9-12-23(29)18-22/h4-5,8-15,18,21H,6-7,16-17H2,1-3H3,(H,30,33). The van der Waals surface area contributed by atoms with Crippen LogP contribution in [-0.2, 0) is 6.54 Å². The number of carbonyl (C=O) groups is 1. The molecule has 1 heterocycles. The number of hydrogen-bond donors (Lipinski definition) is 1. The zero-order valence-electron chi connectivity index (χ0n) is 19.8. The van der Waals surface area contributed by atoms with Gasteiger partial charge in [-0.15, -0.1) is 0 Å². The van der Waals surface area contributed by atoms with Crippen LogP contribution in [0.5, 0.6) is 5.75 Å². The van der Waals surface area contributed by atoms with E-state index in [-0.39, 0.29) is 11.9 Å². The summed E-state index contributed by atoms with van der Waals surface area (Å²) in [5, 5.41) is 3.11. The molecule has 0 aliphatic rings. The van der Waals surface area contributed by atoms with E-state index in [1.165, 1.54) is 11.1 Å². The summed E-state index contributed by atoms with van der Waals surface area (Å²) in [6, 6.07) is 21.4. The predicted octanol–water partition coefficient (Wildman–Crippen LogP) is 6.77. The number of fused-ring (bicyclic) bond motifs is 1. The van der Waals surface area contributed by atoms with E-state index in [4.69, 9.17) is 9.72 Å². The molecule has 4 rings (SSSR count). The van der Waals surface area contributed by atoms with Gasteiger partial charge in [-0.1, -0.05) is 46.3 Å². The highest BCUT2D eigenvalue weighted by Gasteiger charge is 2.19. The normalized spacial score (nSPS) is 12.0. The maximum absolute atomic E-state index is 12.8. The fourth-order valence-corrected chi connectivity index (χ4v) is 4.47. The molecule has 1 atom stereocenters. The number of amides is 1. The van der Waals surface area contributed by atoms with Gasteiger partial charge in [0, 0.05) is 16.6 Å². The average Bonchev–Trinajstić information content (AvgIpc) is 3.20. The van der Waals surface area contributed by atoms with Gasteiger partial charge in [-0.25, -0.2) is 4.98 Å². The van der Waals surface area contributed by atoms with E-state index in [1.54, 1.807) is 0 Å². The quantitative estimate of drug-likeness (QED) is 0.248. The summed E-state index contributed by atoms with van der Waals surface area (Å²) in [4.78, 5) is 17.7. The molecule has 0 spiro atoms. The summed E-state index contributed by atoms with van der Waals surface area (Å²) in [5.74, 6) is 1.70. The molecular weight excluding hydrogens is 490 g/mol. The zero-order chi connectivity index (χ0) is 24.1. The summed E-state index contributed by atoms with van der Waals surface area (Å²) in [5.41, 5.74) is 5.07. The molecule has 1 amide bonds. The molecule has 5 nitrogen and oxygen atoms in total. The van der Waals surface area contributed by atoms with Crippen LogP contribution in [0.15, 0.2) is 71.2 Å². The molecule has 1 unspecified atom stereocenters. The highest BCUT2D eigenvalue weighted by molar-refractivity contribution is 9.10. The second-order valence-corrected chi connectivity index (χ2v) is 9.49. The van der Waals surface area contributed by atoms with Crippen molar-refractivity contribution in [3.63, 3.8) is 0 Å². The van der Waals surface area contributed by atoms with Crippen LogP contribution in [0.3, 0.4) is 0 Å². The van der Waals surface area contributed by atoms with Crippen molar-refractivity contribution in [3.8, 4) is 5.75 Å². The third-order valence-electron chi connectivity index (χ3n) is 6.09. The van der Waals surface area contributed by atoms with Gasteiger partial charge in [0.1, 0.15) is 11.6 Å². The van der Waals surface area contributed by atoms with Gasteiger partial charge in [-0.3, -0.25) is 4.79 Å². The number of para-hydroxylation sites is 2. The lowest BCUT2D eigenvalue weighted by Gasteiger charge is -2.17. The van der Waals surface area contributed by atoms with Crippen LogP contribution >= 0.6 is 15.9 Å². The first kappa shape index (κ1) is 24.0. The third kappa shape index (κ3) is 5.50. The first-order chi connectivity index (χ1) is 16.4. The summed E-state index contributed by atoms with van der Waals surface area (Å²) in [6.45, 7) is 7.66. The predicted molar refractivity (Wildman–Crippen MR) is 140 cm³/mol. The minimum absolute atomic E-state index is 0.116. The molecule has 1 aromatic heterocycles. The number of benzene rings is 3. The van der Waals surface area contributed by atoms with Gasteiger partial charge >= 0.3 is 0 Å². The van der Waals surface area contributed by atoms with Crippen molar-refractivity contribution in [2.45, 2.75) is 46.2 Å². The number of halogens is 1. The molecule has 0 saturated heterocycles. The van der Waals surface area contributed by atoms with Crippen molar-refractivity contribution < 1.29 is 9.53 Å². The summed E-state index contributed by atoms with van der Waals surface area (Å²) >= 11 is 3.43. The van der Waals surface area contributed by atoms with Crippen LogP contribution in [0.25, 0.3) is 11.0 Å². The number of unbranched alkanes of at least 4 members (excludes halogenated alkanes) is 1. The molecule has 3 aromatic carbocycles. The van der Waals surface area contributed by atoms with Crippen LogP contribution in [0, 0.1) is 13.8 Å². The zero-order valence-corrected chi connectivity index (χ0v) is 21.4. The Bertz CT molecular complexity index is 1300. The Morgan fingerprint density at radius 3 is 2.68 bits per heavy atom. The largest absolute Gasteiger partial charge is 0.493 e. The van der Waals surface area contributed by atoms with Crippen molar-refractivity contribution in [2.24, 2.45) is 0 Å². The first-order valence-electron chi connectivity index (χ1n) is 11.6. The maximum Gasteiger partial charge on any atom is 0.251 e. The first-order valence-corrected chi connectivity index (χ1v) is 12.4. The van der Waals surface area contributed by atoms with Crippen molar-refractivity contribution >= 4 is 32.9 Å². The van der Waals surface area contributed by atoms with Crippen LogP contribution < -0.4 is 10.1 Å². The Morgan fingerprint density at radius 1 is 1.06 bits per heavy atom. The van der Waals surface area contributed by atoms with E-state index in [1.807, 2.05) is 61.5 Å².